The first-order valence-corrected chi connectivity index (χ1v) is 6.03. The molecule has 0 atom stereocenters. The van der Waals surface area contributed by atoms with Gasteiger partial charge in [0, 0.05) is 17.1 Å². The van der Waals surface area contributed by atoms with E-state index in [9.17, 15) is 9.50 Å². The third kappa shape index (κ3) is 2.09. The normalized spacial score (nSPS) is 10.8. The molecule has 3 aromatic rings. The third-order valence-corrected chi connectivity index (χ3v) is 3.16. The van der Waals surface area contributed by atoms with Crippen molar-refractivity contribution >= 4 is 10.9 Å². The molecule has 0 aliphatic rings. The van der Waals surface area contributed by atoms with Gasteiger partial charge in [-0.1, -0.05) is 30.3 Å². The summed E-state index contributed by atoms with van der Waals surface area (Å²) in [5, 5.41) is 10.4. The van der Waals surface area contributed by atoms with Crippen LogP contribution in [0.1, 0.15) is 5.56 Å². The molecule has 1 aromatic heterocycles. The standard InChI is InChI=1S/C16H12FNO/c17-13-7-5-11(6-8-13)16-12(10-19)9-18-15-4-2-1-3-14(15)16/h1-9,19H,10H2. The van der Waals surface area contributed by atoms with Gasteiger partial charge in [-0.3, -0.25) is 4.98 Å². The van der Waals surface area contributed by atoms with E-state index >= 15 is 0 Å². The molecule has 3 rings (SSSR count). The molecule has 0 spiro atoms. The minimum absolute atomic E-state index is 0.0927. The number of aliphatic hydroxyl groups excluding tert-OH is 1. The lowest BCUT2D eigenvalue weighted by molar-refractivity contribution is 0.282. The van der Waals surface area contributed by atoms with Gasteiger partial charge in [-0.05, 0) is 29.3 Å². The van der Waals surface area contributed by atoms with E-state index in [-0.39, 0.29) is 12.4 Å². The molecule has 0 bridgehead atoms. The first kappa shape index (κ1) is 11.8. The van der Waals surface area contributed by atoms with Crippen molar-refractivity contribution in [3.05, 3.63) is 66.1 Å². The molecular weight excluding hydrogens is 241 g/mol. The SMILES string of the molecule is OCc1cnc2ccccc2c1-c1ccc(F)cc1. The third-order valence-electron chi connectivity index (χ3n) is 3.16. The predicted molar refractivity (Wildman–Crippen MR) is 73.1 cm³/mol. The number of rotatable bonds is 2. The molecule has 0 amide bonds. The number of halogens is 1. The van der Waals surface area contributed by atoms with E-state index in [0.29, 0.717) is 0 Å². The monoisotopic (exact) mass is 253 g/mol. The van der Waals surface area contributed by atoms with Gasteiger partial charge >= 0.3 is 0 Å². The summed E-state index contributed by atoms with van der Waals surface area (Å²) in [5.41, 5.74) is 3.39. The smallest absolute Gasteiger partial charge is 0.123 e. The zero-order valence-corrected chi connectivity index (χ0v) is 10.2. The topological polar surface area (TPSA) is 33.1 Å². The van der Waals surface area contributed by atoms with Gasteiger partial charge in [-0.25, -0.2) is 4.39 Å². The van der Waals surface area contributed by atoms with Crippen LogP contribution in [0.5, 0.6) is 0 Å². The zero-order chi connectivity index (χ0) is 13.2. The molecule has 94 valence electrons. The van der Waals surface area contributed by atoms with Crippen molar-refractivity contribution in [2.45, 2.75) is 6.61 Å². The fraction of sp³-hybridized carbons (Fsp3) is 0.0625. The molecule has 3 heteroatoms. The first-order valence-electron chi connectivity index (χ1n) is 6.03. The fourth-order valence-corrected chi connectivity index (χ4v) is 2.26. The van der Waals surface area contributed by atoms with E-state index in [4.69, 9.17) is 0 Å². The number of hydrogen-bond acceptors (Lipinski definition) is 2. The summed E-state index contributed by atoms with van der Waals surface area (Å²) in [6.45, 7) is -0.0927. The predicted octanol–water partition coefficient (Wildman–Crippen LogP) is 3.53. The Morgan fingerprint density at radius 1 is 1.00 bits per heavy atom. The van der Waals surface area contributed by atoms with Gasteiger partial charge in [0.25, 0.3) is 0 Å². The molecule has 19 heavy (non-hydrogen) atoms. The van der Waals surface area contributed by atoms with Crippen molar-refractivity contribution < 1.29 is 9.50 Å². The van der Waals surface area contributed by atoms with Gasteiger partial charge in [-0.2, -0.15) is 0 Å². The lowest BCUT2D eigenvalue weighted by Crippen LogP contribution is -1.93. The van der Waals surface area contributed by atoms with E-state index in [2.05, 4.69) is 4.98 Å². The summed E-state index contributed by atoms with van der Waals surface area (Å²) in [5.74, 6) is -0.271. The molecule has 0 fully saturated rings. The van der Waals surface area contributed by atoms with Crippen molar-refractivity contribution in [3.8, 4) is 11.1 Å². The van der Waals surface area contributed by atoms with Crippen LogP contribution in [0.25, 0.3) is 22.0 Å². The van der Waals surface area contributed by atoms with Crippen molar-refractivity contribution in [2.75, 3.05) is 0 Å². The molecule has 0 unspecified atom stereocenters. The first-order chi connectivity index (χ1) is 9.29. The van der Waals surface area contributed by atoms with Crippen LogP contribution in [0.3, 0.4) is 0 Å². The van der Waals surface area contributed by atoms with Crippen LogP contribution in [-0.4, -0.2) is 10.1 Å². The van der Waals surface area contributed by atoms with Crippen molar-refractivity contribution in [2.24, 2.45) is 0 Å². The summed E-state index contributed by atoms with van der Waals surface area (Å²) in [6, 6.07) is 14.0. The summed E-state index contributed by atoms with van der Waals surface area (Å²) in [7, 11) is 0. The van der Waals surface area contributed by atoms with Gasteiger partial charge < -0.3 is 5.11 Å². The molecule has 0 saturated carbocycles. The van der Waals surface area contributed by atoms with Crippen molar-refractivity contribution in [3.63, 3.8) is 0 Å². The van der Waals surface area contributed by atoms with Crippen molar-refractivity contribution in [1.29, 1.82) is 0 Å². The zero-order valence-electron chi connectivity index (χ0n) is 10.2. The Hall–Kier alpha value is -2.26. The number of para-hydroxylation sites is 1. The Bertz CT molecular complexity index is 722. The molecular formula is C16H12FNO. The highest BCUT2D eigenvalue weighted by Gasteiger charge is 2.10. The molecule has 1 heterocycles. The number of aromatic nitrogens is 1. The largest absolute Gasteiger partial charge is 0.392 e. The second kappa shape index (κ2) is 4.78. The van der Waals surface area contributed by atoms with Crippen LogP contribution in [-0.2, 0) is 6.61 Å². The highest BCUT2D eigenvalue weighted by atomic mass is 19.1. The Morgan fingerprint density at radius 3 is 2.47 bits per heavy atom. The summed E-state index contributed by atoms with van der Waals surface area (Å²) < 4.78 is 13.0. The number of nitrogens with zero attached hydrogens (tertiary/aromatic N) is 1. The molecule has 0 radical (unpaired) electrons. The van der Waals surface area contributed by atoms with E-state index in [0.717, 1.165) is 27.6 Å². The number of hydrogen-bond donors (Lipinski definition) is 1. The molecule has 2 aromatic carbocycles. The van der Waals surface area contributed by atoms with E-state index < -0.39 is 0 Å². The van der Waals surface area contributed by atoms with Crippen LogP contribution < -0.4 is 0 Å². The number of benzene rings is 2. The maximum Gasteiger partial charge on any atom is 0.123 e. The van der Waals surface area contributed by atoms with Crippen LogP contribution in [0.4, 0.5) is 4.39 Å². The van der Waals surface area contributed by atoms with Crippen LogP contribution >= 0.6 is 0 Å². The lowest BCUT2D eigenvalue weighted by atomic mass is 9.97. The van der Waals surface area contributed by atoms with Crippen LogP contribution in [0, 0.1) is 5.82 Å². The lowest BCUT2D eigenvalue weighted by Gasteiger charge is -2.11. The Morgan fingerprint density at radius 2 is 1.74 bits per heavy atom. The van der Waals surface area contributed by atoms with Gasteiger partial charge in [-0.15, -0.1) is 0 Å². The molecule has 1 N–H and O–H groups in total. The summed E-state index contributed by atoms with van der Waals surface area (Å²) >= 11 is 0. The minimum atomic E-state index is -0.271. The summed E-state index contributed by atoms with van der Waals surface area (Å²) in [4.78, 5) is 4.32. The van der Waals surface area contributed by atoms with Gasteiger partial charge in [0.15, 0.2) is 0 Å². The molecule has 0 aliphatic heterocycles. The Balaban J connectivity index is 2.33. The maximum atomic E-state index is 13.0. The number of fused-ring (bicyclic) bond motifs is 1. The van der Waals surface area contributed by atoms with E-state index in [1.807, 2.05) is 24.3 Å². The molecule has 0 saturated heterocycles. The van der Waals surface area contributed by atoms with Crippen LogP contribution in [0.15, 0.2) is 54.7 Å². The average molecular weight is 253 g/mol. The minimum Gasteiger partial charge on any atom is -0.392 e. The fourth-order valence-electron chi connectivity index (χ4n) is 2.26. The molecule has 0 aliphatic carbocycles. The van der Waals surface area contributed by atoms with E-state index in [1.165, 1.54) is 12.1 Å². The summed E-state index contributed by atoms with van der Waals surface area (Å²) in [6.07, 6.45) is 1.67. The Kier molecular flexibility index (Phi) is 2.97. The van der Waals surface area contributed by atoms with Gasteiger partial charge in [0.1, 0.15) is 5.82 Å². The van der Waals surface area contributed by atoms with Gasteiger partial charge in [0.05, 0.1) is 12.1 Å². The average Bonchev–Trinajstić information content (AvgIpc) is 2.47. The molecule has 2 nitrogen and oxygen atoms in total. The Labute approximate surface area is 110 Å². The highest BCUT2D eigenvalue weighted by Crippen LogP contribution is 2.31. The van der Waals surface area contributed by atoms with Gasteiger partial charge in [0.2, 0.25) is 0 Å². The van der Waals surface area contributed by atoms with Crippen LogP contribution in [0.2, 0.25) is 0 Å². The quantitative estimate of drug-likeness (QED) is 0.757. The second-order valence-electron chi connectivity index (χ2n) is 4.34. The maximum absolute atomic E-state index is 13.0. The highest BCUT2D eigenvalue weighted by molar-refractivity contribution is 5.95. The van der Waals surface area contributed by atoms with E-state index in [1.54, 1.807) is 18.3 Å². The number of aliphatic hydroxyl groups is 1. The van der Waals surface area contributed by atoms with Crippen molar-refractivity contribution in [1.82, 2.24) is 4.98 Å². The second-order valence-corrected chi connectivity index (χ2v) is 4.34. The number of pyridine rings is 1.